The van der Waals surface area contributed by atoms with E-state index in [0.717, 1.165) is 18.5 Å². The lowest BCUT2D eigenvalue weighted by atomic mass is 10.1. The van der Waals surface area contributed by atoms with Gasteiger partial charge < -0.3 is 5.32 Å². The van der Waals surface area contributed by atoms with E-state index in [-0.39, 0.29) is 5.91 Å². The number of carbonyl (C=O) groups excluding carboxylic acids is 1. The lowest BCUT2D eigenvalue weighted by Gasteiger charge is -2.05. The zero-order chi connectivity index (χ0) is 14.3. The van der Waals surface area contributed by atoms with Crippen LogP contribution in [0.25, 0.3) is 0 Å². The lowest BCUT2D eigenvalue weighted by molar-refractivity contribution is -0.121. The van der Waals surface area contributed by atoms with E-state index >= 15 is 0 Å². The molecule has 0 aliphatic rings. The molecule has 0 radical (unpaired) electrons. The second kappa shape index (κ2) is 7.92. The van der Waals surface area contributed by atoms with Crippen molar-refractivity contribution >= 4 is 5.91 Å². The van der Waals surface area contributed by atoms with Crippen LogP contribution in [0.15, 0.2) is 6.20 Å². The van der Waals surface area contributed by atoms with E-state index in [0.29, 0.717) is 24.9 Å². The minimum Gasteiger partial charge on any atom is -0.350 e. The Labute approximate surface area is 115 Å². The van der Waals surface area contributed by atoms with Gasteiger partial charge in [0.15, 0.2) is 0 Å². The van der Waals surface area contributed by atoms with E-state index in [9.17, 15) is 4.79 Å². The van der Waals surface area contributed by atoms with Crippen LogP contribution in [-0.2, 0) is 11.3 Å². The molecule has 1 aromatic rings. The molecule has 0 unspecified atom stereocenters. The molecule has 5 heteroatoms. The van der Waals surface area contributed by atoms with Gasteiger partial charge in [-0.05, 0) is 26.2 Å². The number of amides is 1. The van der Waals surface area contributed by atoms with Gasteiger partial charge in [-0.3, -0.25) is 4.79 Å². The van der Waals surface area contributed by atoms with Gasteiger partial charge >= 0.3 is 0 Å². The van der Waals surface area contributed by atoms with Crippen LogP contribution in [0.2, 0.25) is 0 Å². The van der Waals surface area contributed by atoms with Crippen LogP contribution in [0.3, 0.4) is 0 Å². The van der Waals surface area contributed by atoms with Crippen LogP contribution in [0.4, 0.5) is 0 Å². The largest absolute Gasteiger partial charge is 0.350 e. The van der Waals surface area contributed by atoms with Crippen LogP contribution >= 0.6 is 0 Å². The summed E-state index contributed by atoms with van der Waals surface area (Å²) in [5.74, 6) is 0.817. The molecule has 0 fully saturated rings. The molecule has 0 aliphatic heterocycles. The molecule has 0 atom stereocenters. The molecule has 0 aliphatic carbocycles. The summed E-state index contributed by atoms with van der Waals surface area (Å²) in [4.78, 5) is 11.6. The molecule has 5 nitrogen and oxygen atoms in total. The highest BCUT2D eigenvalue weighted by molar-refractivity contribution is 5.75. The molecule has 1 heterocycles. The molecular formula is C14H26N4O. The Bertz CT molecular complexity index is 385. The SMILES string of the molecule is CC(C)CCCCC(=O)NCc1cn(C(C)C)nn1. The summed E-state index contributed by atoms with van der Waals surface area (Å²) < 4.78 is 1.80. The van der Waals surface area contributed by atoms with E-state index in [4.69, 9.17) is 0 Å². The molecule has 1 N–H and O–H groups in total. The normalized spacial score (nSPS) is 11.3. The van der Waals surface area contributed by atoms with E-state index in [1.165, 1.54) is 6.42 Å². The molecule has 1 amide bonds. The molecule has 0 bridgehead atoms. The van der Waals surface area contributed by atoms with Crippen molar-refractivity contribution in [1.29, 1.82) is 0 Å². The van der Waals surface area contributed by atoms with Crippen LogP contribution in [0.5, 0.6) is 0 Å². The molecule has 108 valence electrons. The highest BCUT2D eigenvalue weighted by Gasteiger charge is 2.06. The maximum atomic E-state index is 11.6. The summed E-state index contributed by atoms with van der Waals surface area (Å²) in [6, 6.07) is 0.299. The first kappa shape index (κ1) is 15.7. The molecule has 1 aromatic heterocycles. The number of nitrogens with zero attached hydrogens (tertiary/aromatic N) is 3. The predicted molar refractivity (Wildman–Crippen MR) is 75.6 cm³/mol. The maximum Gasteiger partial charge on any atom is 0.220 e. The van der Waals surface area contributed by atoms with Gasteiger partial charge in [0.1, 0.15) is 5.69 Å². The van der Waals surface area contributed by atoms with Crippen molar-refractivity contribution in [3.63, 3.8) is 0 Å². The number of unbranched alkanes of at least 4 members (excludes halogenated alkanes) is 1. The van der Waals surface area contributed by atoms with Gasteiger partial charge in [-0.1, -0.05) is 31.9 Å². The van der Waals surface area contributed by atoms with Crippen molar-refractivity contribution in [2.45, 2.75) is 66.0 Å². The Morgan fingerprint density at radius 3 is 2.63 bits per heavy atom. The Hall–Kier alpha value is -1.39. The summed E-state index contributed by atoms with van der Waals surface area (Å²) in [5, 5.41) is 10.9. The van der Waals surface area contributed by atoms with Crippen LogP contribution in [0.1, 0.15) is 65.1 Å². The first-order chi connectivity index (χ1) is 8.99. The number of nitrogens with one attached hydrogen (secondary N) is 1. The molecule has 0 spiro atoms. The fourth-order valence-electron chi connectivity index (χ4n) is 1.76. The summed E-state index contributed by atoms with van der Waals surface area (Å²) in [6.07, 6.45) is 5.75. The number of aromatic nitrogens is 3. The quantitative estimate of drug-likeness (QED) is 0.736. The van der Waals surface area contributed by atoms with Gasteiger partial charge in [-0.15, -0.1) is 5.10 Å². The predicted octanol–water partition coefficient (Wildman–Crippen LogP) is 2.69. The van der Waals surface area contributed by atoms with Gasteiger partial charge in [-0.2, -0.15) is 0 Å². The van der Waals surface area contributed by atoms with E-state index < -0.39 is 0 Å². The zero-order valence-electron chi connectivity index (χ0n) is 12.5. The minimum atomic E-state index is 0.0999. The summed E-state index contributed by atoms with van der Waals surface area (Å²) in [6.45, 7) is 8.98. The third-order valence-corrected chi connectivity index (χ3v) is 2.99. The highest BCUT2D eigenvalue weighted by Crippen LogP contribution is 2.08. The van der Waals surface area contributed by atoms with Gasteiger partial charge in [-0.25, -0.2) is 4.68 Å². The van der Waals surface area contributed by atoms with Crippen molar-refractivity contribution < 1.29 is 4.79 Å². The topological polar surface area (TPSA) is 59.8 Å². The lowest BCUT2D eigenvalue weighted by Crippen LogP contribution is -2.22. The average molecular weight is 266 g/mol. The van der Waals surface area contributed by atoms with Crippen LogP contribution < -0.4 is 5.32 Å². The maximum absolute atomic E-state index is 11.6. The van der Waals surface area contributed by atoms with E-state index in [2.05, 4.69) is 29.5 Å². The standard InChI is InChI=1S/C14H26N4O/c1-11(2)7-5-6-8-14(19)15-9-13-10-18(12(3)4)17-16-13/h10-12H,5-9H2,1-4H3,(H,15,19). The number of carbonyl (C=O) groups is 1. The highest BCUT2D eigenvalue weighted by atomic mass is 16.1. The van der Waals surface area contributed by atoms with Crippen molar-refractivity contribution in [3.05, 3.63) is 11.9 Å². The summed E-state index contributed by atoms with van der Waals surface area (Å²) in [7, 11) is 0. The number of rotatable bonds is 8. The van der Waals surface area contributed by atoms with Gasteiger partial charge in [0.05, 0.1) is 12.7 Å². The Morgan fingerprint density at radius 2 is 2.05 bits per heavy atom. The Kier molecular flexibility index (Phi) is 6.53. The fourth-order valence-corrected chi connectivity index (χ4v) is 1.76. The molecule has 1 rings (SSSR count). The third-order valence-electron chi connectivity index (χ3n) is 2.99. The zero-order valence-corrected chi connectivity index (χ0v) is 12.5. The van der Waals surface area contributed by atoms with Gasteiger partial charge in [0, 0.05) is 12.5 Å². The molecular weight excluding hydrogens is 240 g/mol. The first-order valence-electron chi connectivity index (χ1n) is 7.16. The number of hydrogen-bond donors (Lipinski definition) is 1. The third kappa shape index (κ3) is 6.36. The van der Waals surface area contributed by atoms with E-state index in [1.807, 2.05) is 20.0 Å². The van der Waals surface area contributed by atoms with Crippen molar-refractivity contribution in [3.8, 4) is 0 Å². The summed E-state index contributed by atoms with van der Waals surface area (Å²) in [5.41, 5.74) is 0.809. The van der Waals surface area contributed by atoms with Crippen LogP contribution in [0, 0.1) is 5.92 Å². The smallest absolute Gasteiger partial charge is 0.220 e. The van der Waals surface area contributed by atoms with Crippen molar-refractivity contribution in [2.24, 2.45) is 5.92 Å². The van der Waals surface area contributed by atoms with Gasteiger partial charge in [0.25, 0.3) is 0 Å². The monoisotopic (exact) mass is 266 g/mol. The second-order valence-corrected chi connectivity index (χ2v) is 5.70. The number of hydrogen-bond acceptors (Lipinski definition) is 3. The first-order valence-corrected chi connectivity index (χ1v) is 7.16. The minimum absolute atomic E-state index is 0.0999. The Morgan fingerprint density at radius 1 is 1.32 bits per heavy atom. The molecule has 19 heavy (non-hydrogen) atoms. The Balaban J connectivity index is 2.18. The molecule has 0 saturated heterocycles. The summed E-state index contributed by atoms with van der Waals surface area (Å²) >= 11 is 0. The average Bonchev–Trinajstić information content (AvgIpc) is 2.81. The van der Waals surface area contributed by atoms with Crippen molar-refractivity contribution in [1.82, 2.24) is 20.3 Å². The van der Waals surface area contributed by atoms with Crippen LogP contribution in [-0.4, -0.2) is 20.9 Å². The second-order valence-electron chi connectivity index (χ2n) is 5.70. The van der Waals surface area contributed by atoms with E-state index in [1.54, 1.807) is 4.68 Å². The van der Waals surface area contributed by atoms with Gasteiger partial charge in [0.2, 0.25) is 5.91 Å². The fraction of sp³-hybridized carbons (Fsp3) is 0.786. The molecule has 0 saturated carbocycles. The molecule has 0 aromatic carbocycles. The van der Waals surface area contributed by atoms with Crippen molar-refractivity contribution in [2.75, 3.05) is 0 Å².